The number of allylic oxidation sites excluding steroid dienone is 1. The van der Waals surface area contributed by atoms with Gasteiger partial charge in [0, 0.05) is 31.1 Å². The van der Waals surface area contributed by atoms with Crippen LogP contribution in [-0.4, -0.2) is 58.3 Å². The van der Waals surface area contributed by atoms with E-state index in [1.54, 1.807) is 5.48 Å². The highest BCUT2D eigenvalue weighted by Crippen LogP contribution is 2.26. The van der Waals surface area contributed by atoms with Crippen LogP contribution in [0.1, 0.15) is 46.1 Å². The first-order valence-electron chi connectivity index (χ1n) is 11.9. The van der Waals surface area contributed by atoms with Gasteiger partial charge in [-0.15, -0.1) is 0 Å². The molecule has 3 N–H and O–H groups in total. The van der Waals surface area contributed by atoms with E-state index in [2.05, 4.69) is 24.3 Å². The number of carbonyl (C=O) groups is 2. The Kier molecular flexibility index (Phi) is 11.9. The van der Waals surface area contributed by atoms with Crippen LogP contribution in [0.25, 0.3) is 6.08 Å². The number of thioether (sulfide) groups is 1. The molecule has 2 atom stereocenters. The number of hydrogen-bond donors (Lipinski definition) is 3. The molecular formula is C25H40N4O3S. The number of nitrogens with one attached hydrogen (secondary N) is 2. The summed E-state index contributed by atoms with van der Waals surface area (Å²) in [4.78, 5) is 26.2. The van der Waals surface area contributed by atoms with Crippen molar-refractivity contribution in [2.24, 2.45) is 23.7 Å². The number of hydrazine groups is 2. The second-order valence-corrected chi connectivity index (χ2v) is 10.6. The Morgan fingerprint density at radius 2 is 1.73 bits per heavy atom. The molecule has 1 aliphatic heterocycles. The maximum atomic E-state index is 13.5. The van der Waals surface area contributed by atoms with Crippen molar-refractivity contribution in [3.05, 3.63) is 42.0 Å². The zero-order chi connectivity index (χ0) is 24.2. The quantitative estimate of drug-likeness (QED) is 0.314. The van der Waals surface area contributed by atoms with Gasteiger partial charge in [0.25, 0.3) is 0 Å². The molecule has 184 valence electrons. The van der Waals surface area contributed by atoms with Gasteiger partial charge < -0.3 is 0 Å². The Labute approximate surface area is 202 Å². The summed E-state index contributed by atoms with van der Waals surface area (Å²) in [5, 5.41) is 13.5. The molecule has 1 fully saturated rings. The van der Waals surface area contributed by atoms with Gasteiger partial charge >= 0.3 is 0 Å². The van der Waals surface area contributed by atoms with Crippen LogP contribution in [0.5, 0.6) is 0 Å². The number of rotatable bonds is 12. The minimum absolute atomic E-state index is 0.177. The van der Waals surface area contributed by atoms with Crippen LogP contribution in [0.3, 0.4) is 0 Å². The molecule has 0 aromatic heterocycles. The highest BCUT2D eigenvalue weighted by molar-refractivity contribution is 7.99. The molecule has 0 radical (unpaired) electrons. The largest absolute Gasteiger partial charge is 0.289 e. The molecule has 7 nitrogen and oxygen atoms in total. The van der Waals surface area contributed by atoms with E-state index in [-0.39, 0.29) is 11.8 Å². The van der Waals surface area contributed by atoms with Gasteiger partial charge in [-0.2, -0.15) is 16.9 Å². The van der Waals surface area contributed by atoms with Gasteiger partial charge in [0.15, 0.2) is 0 Å². The summed E-state index contributed by atoms with van der Waals surface area (Å²) in [6.07, 6.45) is 4.76. The Balaban J connectivity index is 2.20. The molecule has 33 heavy (non-hydrogen) atoms. The fourth-order valence-electron chi connectivity index (χ4n) is 4.00. The van der Waals surface area contributed by atoms with Crippen molar-refractivity contribution in [1.29, 1.82) is 0 Å². The first-order chi connectivity index (χ1) is 15.8. The highest BCUT2D eigenvalue weighted by Gasteiger charge is 2.35. The number of carbonyl (C=O) groups excluding carboxylic acids is 2. The Morgan fingerprint density at radius 1 is 1.06 bits per heavy atom. The average Bonchev–Trinajstić information content (AvgIpc) is 2.80. The summed E-state index contributed by atoms with van der Waals surface area (Å²) in [5.41, 5.74) is 5.93. The van der Waals surface area contributed by atoms with Crippen molar-refractivity contribution >= 4 is 29.7 Å². The lowest BCUT2D eigenvalue weighted by atomic mass is 9.82. The molecule has 0 spiro atoms. The van der Waals surface area contributed by atoms with Gasteiger partial charge in [-0.05, 0) is 30.2 Å². The third-order valence-corrected chi connectivity index (χ3v) is 6.54. The van der Waals surface area contributed by atoms with E-state index in [9.17, 15) is 14.8 Å². The minimum atomic E-state index is -0.671. The summed E-state index contributed by atoms with van der Waals surface area (Å²) in [5.74, 6) is 0.704. The molecule has 1 aromatic carbocycles. The fourth-order valence-corrected chi connectivity index (χ4v) is 4.88. The lowest BCUT2D eigenvalue weighted by Crippen LogP contribution is -2.58. The number of benzene rings is 1. The van der Waals surface area contributed by atoms with Crippen LogP contribution >= 0.6 is 11.8 Å². The van der Waals surface area contributed by atoms with Crippen LogP contribution in [0.2, 0.25) is 0 Å². The monoisotopic (exact) mass is 476 g/mol. The summed E-state index contributed by atoms with van der Waals surface area (Å²) in [6, 6.07) is 9.82. The van der Waals surface area contributed by atoms with E-state index in [1.807, 2.05) is 73.2 Å². The number of hydrogen-bond acceptors (Lipinski definition) is 6. The van der Waals surface area contributed by atoms with Crippen LogP contribution in [0.15, 0.2) is 36.4 Å². The van der Waals surface area contributed by atoms with Crippen molar-refractivity contribution < 1.29 is 14.8 Å². The van der Waals surface area contributed by atoms with Crippen molar-refractivity contribution in [1.82, 2.24) is 21.0 Å². The van der Waals surface area contributed by atoms with Gasteiger partial charge in [0.05, 0.1) is 11.8 Å². The molecular weight excluding hydrogens is 436 g/mol. The predicted molar refractivity (Wildman–Crippen MR) is 135 cm³/mol. The Bertz CT molecular complexity index is 751. The lowest BCUT2D eigenvalue weighted by Gasteiger charge is -2.39. The van der Waals surface area contributed by atoms with Crippen LogP contribution in [0.4, 0.5) is 0 Å². The summed E-state index contributed by atoms with van der Waals surface area (Å²) in [6.45, 7) is 10.8. The normalized spacial score (nSPS) is 17.0. The van der Waals surface area contributed by atoms with Gasteiger partial charge in [-0.1, -0.05) is 70.2 Å². The van der Waals surface area contributed by atoms with Crippen molar-refractivity contribution in [3.8, 4) is 0 Å². The zero-order valence-electron chi connectivity index (χ0n) is 20.4. The van der Waals surface area contributed by atoms with Gasteiger partial charge in [-0.25, -0.2) is 10.5 Å². The summed E-state index contributed by atoms with van der Waals surface area (Å²) >= 11 is 1.92. The molecule has 1 aromatic rings. The fraction of sp³-hybridized carbons (Fsp3) is 0.600. The molecule has 0 bridgehead atoms. The Hall–Kier alpha value is -1.87. The maximum Gasteiger partial charge on any atom is 0.247 e. The highest BCUT2D eigenvalue weighted by atomic mass is 32.2. The zero-order valence-corrected chi connectivity index (χ0v) is 21.2. The number of amides is 2. The SMILES string of the molecule is CC(C)C[C@@H](C(=O)NN(CC(C)C)N1CCSCC1)[C@H](CC=Cc1ccccc1)C(=O)NO. The molecule has 1 aliphatic rings. The van der Waals surface area contributed by atoms with E-state index < -0.39 is 17.7 Å². The van der Waals surface area contributed by atoms with Gasteiger partial charge in [-0.3, -0.25) is 20.2 Å². The van der Waals surface area contributed by atoms with Gasteiger partial charge in [0.2, 0.25) is 11.8 Å². The average molecular weight is 477 g/mol. The molecule has 2 rings (SSSR count). The van der Waals surface area contributed by atoms with E-state index in [0.717, 1.165) is 30.2 Å². The van der Waals surface area contributed by atoms with Gasteiger partial charge in [0.1, 0.15) is 0 Å². The number of nitrogens with zero attached hydrogens (tertiary/aromatic N) is 2. The van der Waals surface area contributed by atoms with Crippen LogP contribution in [-0.2, 0) is 9.59 Å². The van der Waals surface area contributed by atoms with E-state index in [1.165, 1.54) is 0 Å². The Morgan fingerprint density at radius 3 is 2.30 bits per heavy atom. The molecule has 0 unspecified atom stereocenters. The molecule has 1 heterocycles. The number of hydroxylamine groups is 1. The molecule has 1 saturated heterocycles. The predicted octanol–water partition coefficient (Wildman–Crippen LogP) is 3.83. The van der Waals surface area contributed by atoms with Crippen LogP contribution in [0, 0.1) is 23.7 Å². The second kappa shape index (κ2) is 14.4. The first kappa shape index (κ1) is 27.4. The third-order valence-electron chi connectivity index (χ3n) is 5.60. The van der Waals surface area contributed by atoms with E-state index in [4.69, 9.17) is 0 Å². The van der Waals surface area contributed by atoms with E-state index in [0.29, 0.717) is 25.3 Å². The first-order valence-corrected chi connectivity index (χ1v) is 13.0. The summed E-state index contributed by atoms with van der Waals surface area (Å²) < 4.78 is 0. The second-order valence-electron chi connectivity index (χ2n) is 9.39. The molecule has 8 heteroatoms. The smallest absolute Gasteiger partial charge is 0.247 e. The molecule has 2 amide bonds. The molecule has 0 aliphatic carbocycles. The van der Waals surface area contributed by atoms with E-state index >= 15 is 0 Å². The summed E-state index contributed by atoms with van der Waals surface area (Å²) in [7, 11) is 0. The standard InChI is InChI=1S/C25H40N4O3S/c1-19(2)17-23(22(25(31)27-32)12-8-11-21-9-6-5-7-10-21)24(30)26-29(18-20(3)4)28-13-15-33-16-14-28/h5-11,19-20,22-23,32H,12-18H2,1-4H3,(H,26,30)(H,27,31)/t22-,23+/m0/s1. The lowest BCUT2D eigenvalue weighted by molar-refractivity contribution is -0.150. The maximum absolute atomic E-state index is 13.5. The van der Waals surface area contributed by atoms with Crippen LogP contribution < -0.4 is 10.9 Å². The van der Waals surface area contributed by atoms with Crippen molar-refractivity contribution in [2.45, 2.75) is 40.5 Å². The third kappa shape index (κ3) is 9.49. The topological polar surface area (TPSA) is 84.9 Å². The minimum Gasteiger partial charge on any atom is -0.289 e. The van der Waals surface area contributed by atoms with Crippen molar-refractivity contribution in [2.75, 3.05) is 31.1 Å². The van der Waals surface area contributed by atoms with Crippen molar-refractivity contribution in [3.63, 3.8) is 0 Å². The molecule has 0 saturated carbocycles.